The van der Waals surface area contributed by atoms with Crippen LogP contribution >= 0.6 is 9.47 Å². The smallest absolute Gasteiger partial charge is 0.278 e. The van der Waals surface area contributed by atoms with Crippen LogP contribution in [0, 0.1) is 0 Å². The van der Waals surface area contributed by atoms with Gasteiger partial charge in [0.1, 0.15) is 6.23 Å². The summed E-state index contributed by atoms with van der Waals surface area (Å²) >= 11 is 0. The third-order valence-electron chi connectivity index (χ3n) is 3.04. The molecule has 1 aliphatic rings. The number of nitrogens with one attached hydrogen (secondary N) is 1. The number of nitrogens with zero attached hydrogens (tertiary/aromatic N) is 3. The molecule has 1 N–H and O–H groups in total. The van der Waals surface area contributed by atoms with E-state index in [1.165, 1.54) is 6.33 Å². The Morgan fingerprint density at radius 2 is 2.44 bits per heavy atom. The van der Waals surface area contributed by atoms with Gasteiger partial charge in [-0.3, -0.25) is 9.36 Å². The second-order valence-electron chi connectivity index (χ2n) is 4.18. The first-order chi connectivity index (χ1) is 8.79. The summed E-state index contributed by atoms with van der Waals surface area (Å²) in [6, 6.07) is 0. The van der Waals surface area contributed by atoms with Gasteiger partial charge in [0.05, 0.1) is 25.4 Å². The number of fused-ring (bicyclic) bond motifs is 1. The summed E-state index contributed by atoms with van der Waals surface area (Å²) in [6.45, 7) is 0.543. The summed E-state index contributed by atoms with van der Waals surface area (Å²) in [4.78, 5) is 22.3. The van der Waals surface area contributed by atoms with Crippen molar-refractivity contribution in [2.75, 3.05) is 6.61 Å². The van der Waals surface area contributed by atoms with Crippen molar-refractivity contribution in [3.8, 4) is 0 Å². The number of aromatic nitrogens is 4. The number of imidazole rings is 1. The minimum Gasteiger partial charge on any atom is -0.363 e. The quantitative estimate of drug-likeness (QED) is 0.824. The average molecular weight is 268 g/mol. The molecule has 18 heavy (non-hydrogen) atoms. The lowest BCUT2D eigenvalue weighted by molar-refractivity contribution is -0.0130. The highest BCUT2D eigenvalue weighted by molar-refractivity contribution is 7.09. The number of aromatic amines is 1. The molecule has 2 aromatic rings. The van der Waals surface area contributed by atoms with Crippen LogP contribution < -0.4 is 5.56 Å². The van der Waals surface area contributed by atoms with Gasteiger partial charge >= 0.3 is 0 Å². The lowest BCUT2D eigenvalue weighted by atomic mass is 10.2. The lowest BCUT2D eigenvalue weighted by Crippen LogP contribution is -2.15. The first-order valence-electron chi connectivity index (χ1n) is 5.67. The zero-order chi connectivity index (χ0) is 12.5. The molecule has 1 fully saturated rings. The van der Waals surface area contributed by atoms with Gasteiger partial charge in [-0.2, -0.15) is 0 Å². The Balaban J connectivity index is 1.92. The molecule has 0 aromatic carbocycles. The Labute approximate surface area is 105 Å². The van der Waals surface area contributed by atoms with Crippen molar-refractivity contribution >= 4 is 20.6 Å². The predicted octanol–water partition coefficient (Wildman–Crippen LogP) is 0.604. The van der Waals surface area contributed by atoms with Crippen LogP contribution in [0.1, 0.15) is 19.1 Å². The van der Waals surface area contributed by atoms with Crippen LogP contribution in [0.3, 0.4) is 0 Å². The van der Waals surface area contributed by atoms with Crippen molar-refractivity contribution in [2.24, 2.45) is 0 Å². The van der Waals surface area contributed by atoms with Crippen LogP contribution in [-0.2, 0) is 9.26 Å². The van der Waals surface area contributed by atoms with Crippen LogP contribution in [0.15, 0.2) is 17.4 Å². The Kier molecular flexibility index (Phi) is 3.11. The van der Waals surface area contributed by atoms with Crippen LogP contribution in [0.4, 0.5) is 0 Å². The van der Waals surface area contributed by atoms with Crippen molar-refractivity contribution in [1.82, 2.24) is 19.5 Å². The van der Waals surface area contributed by atoms with E-state index in [1.54, 1.807) is 10.9 Å². The standard InChI is InChI=1S/C10H13N4O3P/c15-10-8-9(11-4-12-10)14(5-13-8)7-2-1-6(17-7)3-16-18/h4-7H,1-3,18H2,(H,11,12,15)/t6-,7+/m0/s1. The Bertz CT molecular complexity index is 610. The van der Waals surface area contributed by atoms with Gasteiger partial charge in [-0.1, -0.05) is 0 Å². The summed E-state index contributed by atoms with van der Waals surface area (Å²) in [6.07, 6.45) is 4.70. The van der Waals surface area contributed by atoms with Gasteiger partial charge in [-0.05, 0) is 12.8 Å². The van der Waals surface area contributed by atoms with Crippen LogP contribution in [0.25, 0.3) is 11.2 Å². The minimum atomic E-state index is -0.235. The fourth-order valence-corrected chi connectivity index (χ4v) is 2.41. The van der Waals surface area contributed by atoms with E-state index in [0.29, 0.717) is 17.8 Å². The van der Waals surface area contributed by atoms with E-state index in [-0.39, 0.29) is 17.9 Å². The van der Waals surface area contributed by atoms with Crippen molar-refractivity contribution in [2.45, 2.75) is 25.2 Å². The maximum atomic E-state index is 11.5. The van der Waals surface area contributed by atoms with Crippen molar-refractivity contribution in [1.29, 1.82) is 0 Å². The summed E-state index contributed by atoms with van der Waals surface area (Å²) < 4.78 is 12.6. The molecular weight excluding hydrogens is 255 g/mol. The molecule has 3 rings (SSSR count). The van der Waals surface area contributed by atoms with Crippen molar-refractivity contribution in [3.63, 3.8) is 0 Å². The fourth-order valence-electron chi connectivity index (χ4n) is 2.20. The zero-order valence-electron chi connectivity index (χ0n) is 9.57. The molecule has 3 atom stereocenters. The molecule has 1 unspecified atom stereocenters. The highest BCUT2D eigenvalue weighted by Crippen LogP contribution is 2.30. The summed E-state index contributed by atoms with van der Waals surface area (Å²) in [5, 5.41) is 0. The molecule has 0 bridgehead atoms. The number of hydrogen-bond acceptors (Lipinski definition) is 5. The molecule has 2 aromatic heterocycles. The van der Waals surface area contributed by atoms with Crippen molar-refractivity contribution < 1.29 is 9.26 Å². The SMILES string of the molecule is O=c1[nH]cnc2c1ncn2[C@H]1CC[C@@H](COP)O1. The number of ether oxygens (including phenoxy) is 1. The molecule has 0 aliphatic carbocycles. The van der Waals surface area contributed by atoms with Crippen LogP contribution in [-0.4, -0.2) is 32.2 Å². The van der Waals surface area contributed by atoms with E-state index < -0.39 is 0 Å². The molecule has 1 saturated heterocycles. The third-order valence-corrected chi connectivity index (χ3v) is 3.24. The Hall–Kier alpha value is -1.30. The lowest BCUT2D eigenvalue weighted by Gasteiger charge is -2.14. The summed E-state index contributed by atoms with van der Waals surface area (Å²) in [7, 11) is 2.22. The monoisotopic (exact) mass is 268 g/mol. The van der Waals surface area contributed by atoms with Gasteiger partial charge in [0.25, 0.3) is 5.56 Å². The van der Waals surface area contributed by atoms with Gasteiger partial charge < -0.3 is 14.2 Å². The molecule has 0 amide bonds. The van der Waals surface area contributed by atoms with E-state index in [2.05, 4.69) is 24.4 Å². The van der Waals surface area contributed by atoms with E-state index >= 15 is 0 Å². The highest BCUT2D eigenvalue weighted by Gasteiger charge is 2.28. The number of hydrogen-bond donors (Lipinski definition) is 1. The van der Waals surface area contributed by atoms with Gasteiger partial charge in [-0.25, -0.2) is 9.97 Å². The van der Waals surface area contributed by atoms with E-state index in [0.717, 1.165) is 12.8 Å². The number of H-pyrrole nitrogens is 1. The molecule has 0 spiro atoms. The second-order valence-corrected chi connectivity index (χ2v) is 4.51. The molecule has 0 radical (unpaired) electrons. The molecule has 3 heterocycles. The number of rotatable bonds is 3. The second kappa shape index (κ2) is 4.76. The fraction of sp³-hybridized carbons (Fsp3) is 0.500. The Morgan fingerprint density at radius 1 is 1.56 bits per heavy atom. The molecular formula is C10H13N4O3P. The first-order valence-corrected chi connectivity index (χ1v) is 6.14. The largest absolute Gasteiger partial charge is 0.363 e. The van der Waals surface area contributed by atoms with Crippen LogP contribution in [0.5, 0.6) is 0 Å². The van der Waals surface area contributed by atoms with Crippen LogP contribution in [0.2, 0.25) is 0 Å². The zero-order valence-corrected chi connectivity index (χ0v) is 10.7. The summed E-state index contributed by atoms with van der Waals surface area (Å²) in [5.41, 5.74) is 0.657. The minimum absolute atomic E-state index is 0.0759. The molecule has 0 saturated carbocycles. The molecule has 96 valence electrons. The average Bonchev–Trinajstić information content (AvgIpc) is 2.96. The molecule has 1 aliphatic heterocycles. The normalized spacial score (nSPS) is 23.8. The Morgan fingerprint density at radius 3 is 3.28 bits per heavy atom. The van der Waals surface area contributed by atoms with E-state index in [9.17, 15) is 4.79 Å². The van der Waals surface area contributed by atoms with E-state index in [4.69, 9.17) is 9.26 Å². The first kappa shape index (κ1) is 11.8. The van der Waals surface area contributed by atoms with Gasteiger partial charge in [0.15, 0.2) is 11.2 Å². The third kappa shape index (κ3) is 1.94. The van der Waals surface area contributed by atoms with Gasteiger partial charge in [0.2, 0.25) is 0 Å². The summed E-state index contributed by atoms with van der Waals surface area (Å²) in [5.74, 6) is 0. The van der Waals surface area contributed by atoms with E-state index in [1.807, 2.05) is 0 Å². The van der Waals surface area contributed by atoms with Gasteiger partial charge in [-0.15, -0.1) is 0 Å². The maximum absolute atomic E-state index is 11.5. The predicted molar refractivity (Wildman–Crippen MR) is 67.0 cm³/mol. The maximum Gasteiger partial charge on any atom is 0.278 e. The van der Waals surface area contributed by atoms with Gasteiger partial charge in [0, 0.05) is 9.47 Å². The topological polar surface area (TPSA) is 82.0 Å². The highest BCUT2D eigenvalue weighted by atomic mass is 31.0. The molecule has 8 heteroatoms. The molecule has 7 nitrogen and oxygen atoms in total. The van der Waals surface area contributed by atoms with Crippen molar-refractivity contribution in [3.05, 3.63) is 23.0 Å².